The topological polar surface area (TPSA) is 105 Å². The Morgan fingerprint density at radius 1 is 1.12 bits per heavy atom. The maximum atomic E-state index is 13.3. The van der Waals surface area contributed by atoms with Crippen molar-refractivity contribution < 1.29 is 24.5 Å². The van der Waals surface area contributed by atoms with Gasteiger partial charge >= 0.3 is 5.97 Å². The van der Waals surface area contributed by atoms with Gasteiger partial charge in [-0.25, -0.2) is 4.39 Å². The molecule has 0 aliphatic carbocycles. The van der Waals surface area contributed by atoms with Gasteiger partial charge in [0.25, 0.3) is 0 Å². The number of hydrogen-bond donors (Lipinski definition) is 3. The van der Waals surface area contributed by atoms with Gasteiger partial charge in [0.15, 0.2) is 0 Å². The maximum Gasteiger partial charge on any atom is 0.308 e. The number of benzene rings is 2. The number of carbonyl (C=O) groups is 1. The standard InChI is InChI=1S/C20H23FN2O2.C5H10O2/c1-23(2)11-3-10-20(25,17-5-7-18(21)8-6-17)19-9-4-15(13-22)12-16(19)14-24;1-5(2,3)4(6)7/h4-9,12,24-25H,3,10-11,14H2,1-2H3;1-3H3,(H,6,7)/t20-;/m0./s1. The number of carboxylic acids is 1. The van der Waals surface area contributed by atoms with E-state index in [4.69, 9.17) is 10.4 Å². The lowest BCUT2D eigenvalue weighted by molar-refractivity contribution is -0.145. The Balaban J connectivity index is 0.000000633. The van der Waals surface area contributed by atoms with Crippen molar-refractivity contribution in [3.63, 3.8) is 0 Å². The van der Waals surface area contributed by atoms with Gasteiger partial charge in [0, 0.05) is 0 Å². The molecule has 0 radical (unpaired) electrons. The summed E-state index contributed by atoms with van der Waals surface area (Å²) in [6.45, 7) is 5.48. The SMILES string of the molecule is CC(C)(C)C(=O)O.CN(C)CCC[C@](O)(c1ccc(F)cc1)c1ccc(C#N)cc1CO. The van der Waals surface area contributed by atoms with Crippen molar-refractivity contribution in [2.75, 3.05) is 20.6 Å². The van der Waals surface area contributed by atoms with E-state index in [1.54, 1.807) is 51.1 Å². The molecule has 2 aromatic carbocycles. The number of halogens is 1. The van der Waals surface area contributed by atoms with E-state index in [-0.39, 0.29) is 12.4 Å². The van der Waals surface area contributed by atoms with Crippen molar-refractivity contribution in [1.82, 2.24) is 4.90 Å². The highest BCUT2D eigenvalue weighted by Crippen LogP contribution is 2.36. The normalized spacial score (nSPS) is 13.0. The highest BCUT2D eigenvalue weighted by molar-refractivity contribution is 5.72. The molecule has 1 atom stereocenters. The molecule has 0 bridgehead atoms. The maximum absolute atomic E-state index is 13.3. The van der Waals surface area contributed by atoms with Crippen LogP contribution < -0.4 is 0 Å². The van der Waals surface area contributed by atoms with Crippen molar-refractivity contribution in [1.29, 1.82) is 5.26 Å². The molecule has 174 valence electrons. The quantitative estimate of drug-likeness (QED) is 0.599. The molecular weight excluding hydrogens is 411 g/mol. The lowest BCUT2D eigenvalue weighted by Gasteiger charge is -2.32. The van der Waals surface area contributed by atoms with Crippen LogP contribution in [0.4, 0.5) is 4.39 Å². The van der Waals surface area contributed by atoms with Crippen LogP contribution in [-0.4, -0.2) is 46.8 Å². The molecule has 0 aliphatic rings. The van der Waals surface area contributed by atoms with Crippen LogP contribution in [0.25, 0.3) is 0 Å². The highest BCUT2D eigenvalue weighted by Gasteiger charge is 2.33. The molecule has 3 N–H and O–H groups in total. The molecule has 2 rings (SSSR count). The summed E-state index contributed by atoms with van der Waals surface area (Å²) in [5, 5.41) is 38.5. The van der Waals surface area contributed by atoms with Gasteiger partial charge in [0.2, 0.25) is 0 Å². The molecule has 2 aromatic rings. The van der Waals surface area contributed by atoms with Crippen LogP contribution in [0.5, 0.6) is 0 Å². The molecule has 0 fully saturated rings. The Kier molecular flexibility index (Phi) is 9.98. The van der Waals surface area contributed by atoms with E-state index in [2.05, 4.69) is 0 Å². The second kappa shape index (κ2) is 11.7. The third-order valence-corrected chi connectivity index (χ3v) is 4.96. The van der Waals surface area contributed by atoms with Crippen molar-refractivity contribution in [2.45, 2.75) is 45.8 Å². The smallest absolute Gasteiger partial charge is 0.308 e. The largest absolute Gasteiger partial charge is 0.481 e. The third kappa shape index (κ3) is 7.72. The first kappa shape index (κ1) is 27.2. The molecule has 0 spiro atoms. The average Bonchev–Trinajstić information content (AvgIpc) is 2.73. The average molecular weight is 445 g/mol. The van der Waals surface area contributed by atoms with E-state index < -0.39 is 17.0 Å². The van der Waals surface area contributed by atoms with Gasteiger partial charge in [-0.1, -0.05) is 18.2 Å². The van der Waals surface area contributed by atoms with E-state index in [0.717, 1.165) is 6.54 Å². The molecule has 0 saturated carbocycles. The summed E-state index contributed by atoms with van der Waals surface area (Å²) in [6, 6.07) is 12.7. The van der Waals surface area contributed by atoms with Gasteiger partial charge in [0.05, 0.1) is 23.7 Å². The lowest BCUT2D eigenvalue weighted by Crippen LogP contribution is -2.30. The molecule has 7 heteroatoms. The number of carboxylic acid groups (broad SMARTS) is 1. The first-order valence-corrected chi connectivity index (χ1v) is 10.4. The predicted molar refractivity (Wildman–Crippen MR) is 121 cm³/mol. The molecule has 6 nitrogen and oxygen atoms in total. The zero-order chi connectivity index (χ0) is 24.5. The summed E-state index contributed by atoms with van der Waals surface area (Å²) in [7, 11) is 3.91. The van der Waals surface area contributed by atoms with Gasteiger partial charge in [-0.05, 0) is 95.2 Å². The number of nitrogens with zero attached hydrogens (tertiary/aromatic N) is 2. The molecule has 0 aliphatic heterocycles. The van der Waals surface area contributed by atoms with Crippen molar-refractivity contribution in [2.24, 2.45) is 5.41 Å². The molecule has 0 amide bonds. The molecule has 0 aromatic heterocycles. The Morgan fingerprint density at radius 2 is 1.69 bits per heavy atom. The predicted octanol–water partition coefficient (Wildman–Crippen LogP) is 3.88. The monoisotopic (exact) mass is 444 g/mol. The third-order valence-electron chi connectivity index (χ3n) is 4.96. The molecular formula is C25H33FN2O4. The minimum Gasteiger partial charge on any atom is -0.481 e. The van der Waals surface area contributed by atoms with Gasteiger partial charge in [-0.3, -0.25) is 4.79 Å². The number of nitriles is 1. The van der Waals surface area contributed by atoms with Gasteiger partial charge in [-0.2, -0.15) is 5.26 Å². The van der Waals surface area contributed by atoms with E-state index in [1.807, 2.05) is 25.1 Å². The van der Waals surface area contributed by atoms with Crippen molar-refractivity contribution in [3.8, 4) is 6.07 Å². The summed E-state index contributed by atoms with van der Waals surface area (Å²) in [4.78, 5) is 12.0. The molecule has 0 heterocycles. The fourth-order valence-corrected chi connectivity index (χ4v) is 3.01. The van der Waals surface area contributed by atoms with Crippen LogP contribution in [-0.2, 0) is 17.0 Å². The lowest BCUT2D eigenvalue weighted by atomic mass is 9.80. The fraction of sp³-hybridized carbons (Fsp3) is 0.440. The zero-order valence-electron chi connectivity index (χ0n) is 19.4. The Bertz CT molecular complexity index is 930. The number of hydrogen-bond acceptors (Lipinski definition) is 5. The number of aliphatic hydroxyl groups is 2. The van der Waals surface area contributed by atoms with Crippen LogP contribution in [0.2, 0.25) is 0 Å². The van der Waals surface area contributed by atoms with Crippen molar-refractivity contribution in [3.05, 3.63) is 70.5 Å². The van der Waals surface area contributed by atoms with Crippen molar-refractivity contribution >= 4 is 5.97 Å². The fourth-order valence-electron chi connectivity index (χ4n) is 3.01. The molecule has 0 unspecified atom stereocenters. The minimum absolute atomic E-state index is 0.290. The Labute approximate surface area is 189 Å². The van der Waals surface area contributed by atoms with Gasteiger partial charge in [-0.15, -0.1) is 0 Å². The van der Waals surface area contributed by atoms with Crippen LogP contribution >= 0.6 is 0 Å². The van der Waals surface area contributed by atoms with E-state index in [9.17, 15) is 19.4 Å². The minimum atomic E-state index is -1.37. The van der Waals surface area contributed by atoms with Crippen LogP contribution in [0.1, 0.15) is 55.9 Å². The first-order chi connectivity index (χ1) is 14.8. The van der Waals surface area contributed by atoms with Gasteiger partial charge < -0.3 is 20.2 Å². The summed E-state index contributed by atoms with van der Waals surface area (Å²) < 4.78 is 13.3. The summed E-state index contributed by atoms with van der Waals surface area (Å²) in [6.07, 6.45) is 1.13. The first-order valence-electron chi connectivity index (χ1n) is 10.4. The zero-order valence-corrected chi connectivity index (χ0v) is 19.4. The molecule has 32 heavy (non-hydrogen) atoms. The second-order valence-corrected chi connectivity index (χ2v) is 8.97. The van der Waals surface area contributed by atoms with E-state index >= 15 is 0 Å². The van der Waals surface area contributed by atoms with Crippen LogP contribution in [0.3, 0.4) is 0 Å². The van der Waals surface area contributed by atoms with Gasteiger partial charge in [0.1, 0.15) is 11.4 Å². The summed E-state index contributed by atoms with van der Waals surface area (Å²) in [5.41, 5.74) is 0.0696. The second-order valence-electron chi connectivity index (χ2n) is 8.97. The highest BCUT2D eigenvalue weighted by atomic mass is 19.1. The van der Waals surface area contributed by atoms with E-state index in [0.29, 0.717) is 35.1 Å². The molecule has 0 saturated heterocycles. The number of rotatable bonds is 7. The van der Waals surface area contributed by atoms with Crippen LogP contribution in [0.15, 0.2) is 42.5 Å². The van der Waals surface area contributed by atoms with E-state index in [1.165, 1.54) is 12.1 Å². The Hall–Kier alpha value is -2.79. The Morgan fingerprint density at radius 3 is 2.12 bits per heavy atom. The summed E-state index contributed by atoms with van der Waals surface area (Å²) >= 11 is 0. The number of aliphatic carboxylic acids is 1. The summed E-state index contributed by atoms with van der Waals surface area (Å²) in [5.74, 6) is -1.13. The van der Waals surface area contributed by atoms with Crippen LogP contribution in [0, 0.1) is 22.6 Å². The number of aliphatic hydroxyl groups excluding tert-OH is 1.